The minimum Gasteiger partial charge on any atom is -0.497 e. The van der Waals surface area contributed by atoms with Gasteiger partial charge in [0.1, 0.15) is 17.2 Å². The Kier molecular flexibility index (Phi) is 4.39. The SMILES string of the molecule is CCn1cc(C=C2Oc3cc(OC(C)=O)ccc3C2=O)c2cc(OC)ccc21. The van der Waals surface area contributed by atoms with Crippen LogP contribution in [0.3, 0.4) is 0 Å². The van der Waals surface area contributed by atoms with Crippen LogP contribution in [0.25, 0.3) is 17.0 Å². The molecule has 0 bridgehead atoms. The standard InChI is InChI=1S/C22H19NO5/c1-4-23-12-14(18-10-15(26-3)6-8-19(18)23)9-21-22(25)17-7-5-16(27-13(2)24)11-20(17)28-21/h5-12H,4H2,1-3H3. The maximum atomic E-state index is 12.7. The van der Waals surface area contributed by atoms with Crippen molar-refractivity contribution >= 4 is 28.7 Å². The van der Waals surface area contributed by atoms with Crippen molar-refractivity contribution in [2.45, 2.75) is 20.4 Å². The van der Waals surface area contributed by atoms with Gasteiger partial charge in [0.05, 0.1) is 12.7 Å². The molecular weight excluding hydrogens is 358 g/mol. The highest BCUT2D eigenvalue weighted by molar-refractivity contribution is 6.15. The maximum absolute atomic E-state index is 12.7. The van der Waals surface area contributed by atoms with Crippen molar-refractivity contribution in [3.05, 3.63) is 59.5 Å². The van der Waals surface area contributed by atoms with Crippen LogP contribution < -0.4 is 14.2 Å². The Morgan fingerprint density at radius 2 is 1.96 bits per heavy atom. The average Bonchev–Trinajstić information content (AvgIpc) is 3.18. The second-order valence-corrected chi connectivity index (χ2v) is 6.44. The molecule has 142 valence electrons. The lowest BCUT2D eigenvalue weighted by Gasteiger charge is -2.03. The first-order valence-electron chi connectivity index (χ1n) is 8.93. The van der Waals surface area contributed by atoms with Gasteiger partial charge >= 0.3 is 5.97 Å². The summed E-state index contributed by atoms with van der Waals surface area (Å²) in [5.74, 6) is 1.06. The van der Waals surface area contributed by atoms with E-state index in [2.05, 4.69) is 11.5 Å². The predicted molar refractivity (Wildman–Crippen MR) is 105 cm³/mol. The third kappa shape index (κ3) is 3.03. The minimum absolute atomic E-state index is 0.204. The molecule has 3 aromatic rings. The van der Waals surface area contributed by atoms with Crippen LogP contribution in [0.15, 0.2) is 48.4 Å². The molecule has 2 heterocycles. The number of rotatable bonds is 4. The Balaban J connectivity index is 1.75. The largest absolute Gasteiger partial charge is 0.497 e. The van der Waals surface area contributed by atoms with Crippen LogP contribution in [-0.2, 0) is 11.3 Å². The summed E-state index contributed by atoms with van der Waals surface area (Å²) in [6, 6.07) is 10.6. The molecule has 0 saturated heterocycles. The second-order valence-electron chi connectivity index (χ2n) is 6.44. The highest BCUT2D eigenvalue weighted by atomic mass is 16.5. The predicted octanol–water partition coefficient (Wildman–Crippen LogP) is 4.21. The molecule has 4 rings (SSSR count). The molecule has 6 nitrogen and oxygen atoms in total. The average molecular weight is 377 g/mol. The lowest BCUT2D eigenvalue weighted by Crippen LogP contribution is -2.01. The monoisotopic (exact) mass is 377 g/mol. The van der Waals surface area contributed by atoms with Gasteiger partial charge in [0.15, 0.2) is 5.76 Å². The molecule has 28 heavy (non-hydrogen) atoms. The number of hydrogen-bond donors (Lipinski definition) is 0. The van der Waals surface area contributed by atoms with Crippen LogP contribution in [0.5, 0.6) is 17.2 Å². The molecule has 0 spiro atoms. The van der Waals surface area contributed by atoms with Crippen LogP contribution in [0.4, 0.5) is 0 Å². The van der Waals surface area contributed by atoms with E-state index >= 15 is 0 Å². The lowest BCUT2D eigenvalue weighted by atomic mass is 10.1. The van der Waals surface area contributed by atoms with E-state index in [-0.39, 0.29) is 11.5 Å². The smallest absolute Gasteiger partial charge is 0.308 e. The maximum Gasteiger partial charge on any atom is 0.308 e. The van der Waals surface area contributed by atoms with Crippen molar-refractivity contribution in [1.82, 2.24) is 4.57 Å². The summed E-state index contributed by atoms with van der Waals surface area (Å²) in [7, 11) is 1.62. The van der Waals surface area contributed by atoms with Gasteiger partial charge in [-0.1, -0.05) is 0 Å². The van der Waals surface area contributed by atoms with E-state index in [1.165, 1.54) is 6.92 Å². The topological polar surface area (TPSA) is 66.8 Å². The first kappa shape index (κ1) is 17.9. The van der Waals surface area contributed by atoms with Crippen molar-refractivity contribution < 1.29 is 23.8 Å². The highest BCUT2D eigenvalue weighted by Gasteiger charge is 2.28. The first-order valence-corrected chi connectivity index (χ1v) is 8.93. The van der Waals surface area contributed by atoms with Gasteiger partial charge in [-0.05, 0) is 43.3 Å². The molecule has 0 radical (unpaired) electrons. The number of ether oxygens (including phenoxy) is 3. The first-order chi connectivity index (χ1) is 13.5. The van der Waals surface area contributed by atoms with Gasteiger partial charge in [0.2, 0.25) is 5.78 Å². The normalized spacial score (nSPS) is 14.2. The van der Waals surface area contributed by atoms with Crippen molar-refractivity contribution in [2.75, 3.05) is 7.11 Å². The molecule has 1 aliphatic heterocycles. The van der Waals surface area contributed by atoms with Crippen LogP contribution in [-0.4, -0.2) is 23.4 Å². The number of ketones is 1. The van der Waals surface area contributed by atoms with E-state index < -0.39 is 5.97 Å². The van der Waals surface area contributed by atoms with Gasteiger partial charge in [-0.25, -0.2) is 0 Å². The Hall–Kier alpha value is -3.54. The third-order valence-corrected chi connectivity index (χ3v) is 4.65. The fraction of sp³-hybridized carbons (Fsp3) is 0.182. The highest BCUT2D eigenvalue weighted by Crippen LogP contribution is 2.36. The van der Waals surface area contributed by atoms with Crippen molar-refractivity contribution in [2.24, 2.45) is 0 Å². The molecule has 0 saturated carbocycles. The molecule has 0 fully saturated rings. The van der Waals surface area contributed by atoms with Gasteiger partial charge in [-0.3, -0.25) is 9.59 Å². The van der Waals surface area contributed by atoms with Gasteiger partial charge in [0, 0.05) is 42.2 Å². The number of allylic oxidation sites excluding steroid dienone is 1. The molecular formula is C22H19NO5. The minimum atomic E-state index is -0.429. The summed E-state index contributed by atoms with van der Waals surface area (Å²) in [5.41, 5.74) is 2.36. The number of fused-ring (bicyclic) bond motifs is 2. The number of carbonyl (C=O) groups is 2. The third-order valence-electron chi connectivity index (χ3n) is 4.65. The molecule has 2 aromatic carbocycles. The van der Waals surface area contributed by atoms with E-state index in [0.29, 0.717) is 17.1 Å². The molecule has 0 atom stereocenters. The van der Waals surface area contributed by atoms with Crippen LogP contribution in [0.2, 0.25) is 0 Å². The molecule has 0 unspecified atom stereocenters. The molecule has 1 aliphatic rings. The number of benzene rings is 2. The Morgan fingerprint density at radius 3 is 2.68 bits per heavy atom. The Morgan fingerprint density at radius 1 is 1.18 bits per heavy atom. The molecule has 0 amide bonds. The summed E-state index contributed by atoms with van der Waals surface area (Å²) in [4.78, 5) is 23.9. The van der Waals surface area contributed by atoms with Crippen LogP contribution in [0.1, 0.15) is 29.8 Å². The van der Waals surface area contributed by atoms with Gasteiger partial charge in [0.25, 0.3) is 0 Å². The lowest BCUT2D eigenvalue weighted by molar-refractivity contribution is -0.131. The fourth-order valence-electron chi connectivity index (χ4n) is 3.35. The van der Waals surface area contributed by atoms with Crippen molar-refractivity contribution in [3.63, 3.8) is 0 Å². The van der Waals surface area contributed by atoms with Gasteiger partial charge in [-0.15, -0.1) is 0 Å². The number of Topliss-reactive ketones (excluding diaryl/α,β-unsaturated/α-hetero) is 1. The summed E-state index contributed by atoms with van der Waals surface area (Å²) < 4.78 is 18.3. The number of nitrogens with zero attached hydrogens (tertiary/aromatic N) is 1. The van der Waals surface area contributed by atoms with E-state index in [4.69, 9.17) is 14.2 Å². The Labute approximate surface area is 161 Å². The second kappa shape index (κ2) is 6.88. The van der Waals surface area contributed by atoms with E-state index in [9.17, 15) is 9.59 Å². The van der Waals surface area contributed by atoms with Gasteiger partial charge in [-0.2, -0.15) is 0 Å². The summed E-state index contributed by atoms with van der Waals surface area (Å²) in [6.45, 7) is 4.18. The molecule has 0 N–H and O–H groups in total. The molecule has 6 heteroatoms. The van der Waals surface area contributed by atoms with Crippen molar-refractivity contribution in [3.8, 4) is 17.2 Å². The van der Waals surface area contributed by atoms with Crippen molar-refractivity contribution in [1.29, 1.82) is 0 Å². The summed E-state index contributed by atoms with van der Waals surface area (Å²) >= 11 is 0. The zero-order valence-electron chi connectivity index (χ0n) is 15.8. The van der Waals surface area contributed by atoms with Gasteiger partial charge < -0.3 is 18.8 Å². The quantitative estimate of drug-likeness (QED) is 0.387. The van der Waals surface area contributed by atoms with E-state index in [0.717, 1.165) is 28.8 Å². The summed E-state index contributed by atoms with van der Waals surface area (Å²) in [6.07, 6.45) is 3.72. The Bertz CT molecular complexity index is 1140. The fourth-order valence-corrected chi connectivity index (χ4v) is 3.35. The van der Waals surface area contributed by atoms with Crippen LogP contribution in [0, 0.1) is 0 Å². The zero-order valence-corrected chi connectivity index (χ0v) is 15.8. The number of methoxy groups -OCH3 is 1. The number of esters is 1. The van der Waals surface area contributed by atoms with E-state index in [1.54, 1.807) is 31.4 Å². The number of hydrogen-bond acceptors (Lipinski definition) is 5. The number of carbonyl (C=O) groups excluding carboxylic acids is 2. The molecule has 1 aromatic heterocycles. The zero-order chi connectivity index (χ0) is 19.8. The van der Waals surface area contributed by atoms with E-state index in [1.807, 2.05) is 24.4 Å². The molecule has 0 aliphatic carbocycles. The number of aryl methyl sites for hydroxylation is 1. The number of aromatic nitrogens is 1. The summed E-state index contributed by atoms with van der Waals surface area (Å²) in [5, 5.41) is 0.974. The van der Waals surface area contributed by atoms with Crippen LogP contribution >= 0.6 is 0 Å².